The molecule has 340 valence electrons. The first-order valence-electron chi connectivity index (χ1n) is 24.5. The van der Waals surface area contributed by atoms with Crippen LogP contribution in [0.4, 0.5) is 0 Å². The predicted octanol–water partition coefficient (Wildman–Crippen LogP) is 12.5. The number of carbonyl (C=O) groups is 2. The van der Waals surface area contributed by atoms with Gasteiger partial charge in [-0.15, -0.1) is 26.3 Å². The van der Waals surface area contributed by atoms with Gasteiger partial charge in [0.25, 0.3) is 0 Å². The molecule has 0 rings (SSSR count). The molecule has 0 amide bonds. The van der Waals surface area contributed by atoms with Gasteiger partial charge in [0.05, 0.1) is 11.9 Å². The summed E-state index contributed by atoms with van der Waals surface area (Å²) in [5.74, 6) is -1.85. The Morgan fingerprint density at radius 3 is 0.763 bits per heavy atom. The first-order valence-corrected chi connectivity index (χ1v) is 24.5. The Morgan fingerprint density at radius 1 is 0.390 bits per heavy atom. The van der Waals surface area contributed by atoms with Crippen molar-refractivity contribution in [3.8, 4) is 0 Å². The monoisotopic (exact) mass is 853 g/mol. The molecule has 4 unspecified atom stereocenters. The molecule has 0 spiro atoms. The van der Waals surface area contributed by atoms with E-state index in [4.69, 9.17) is 0 Å². The van der Waals surface area contributed by atoms with E-state index in [1.807, 2.05) is 24.3 Å². The smallest absolute Gasteiger partial charge is 0.549 e. The van der Waals surface area contributed by atoms with Gasteiger partial charge >= 0.3 is 37.7 Å². The van der Waals surface area contributed by atoms with Crippen LogP contribution in [0.2, 0.25) is 0 Å². The molecule has 0 saturated carbocycles. The van der Waals surface area contributed by atoms with E-state index in [1.54, 1.807) is 0 Å². The van der Waals surface area contributed by atoms with Crippen molar-refractivity contribution in [3.05, 3.63) is 50.6 Å². The Morgan fingerprint density at radius 2 is 0.593 bits per heavy atom. The number of hydrogen-bond donors (Lipinski definition) is 0. The minimum absolute atomic E-state index is 0. The molecule has 0 bridgehead atoms. The van der Waals surface area contributed by atoms with E-state index in [9.17, 15) is 19.8 Å². The fraction of sp³-hybridized carbons (Fsp3) is 0.808. The topological polar surface area (TPSA) is 86.7 Å². The Hall–Kier alpha value is -0.920. The van der Waals surface area contributed by atoms with Crippen molar-refractivity contribution in [1.29, 1.82) is 0 Å². The standard InChI is InChI=1S/2C26H49NO2.Ca/c2*1-5-9-11-13-15-17-21-24(19-7-3)27(23-26(28)29)25(20-8-4)22-18-16-14-12-10-6-2;/h2*5-6,24-25H,1-2,7-23H2,3-4H3,(H,28,29);/q;;+2/p-2. The summed E-state index contributed by atoms with van der Waals surface area (Å²) in [6.45, 7) is 24.2. The maximum Gasteiger partial charge on any atom is 2.00 e. The van der Waals surface area contributed by atoms with Crippen molar-refractivity contribution in [3.63, 3.8) is 0 Å². The molecule has 7 heteroatoms. The van der Waals surface area contributed by atoms with E-state index in [0.29, 0.717) is 24.2 Å². The van der Waals surface area contributed by atoms with Gasteiger partial charge in [0.1, 0.15) is 0 Å². The van der Waals surface area contributed by atoms with Crippen LogP contribution in [0, 0.1) is 0 Å². The van der Waals surface area contributed by atoms with Crippen molar-refractivity contribution in [2.24, 2.45) is 0 Å². The molecule has 0 aliphatic rings. The van der Waals surface area contributed by atoms with Gasteiger partial charge in [-0.25, -0.2) is 0 Å². The molecule has 0 fully saturated rings. The summed E-state index contributed by atoms with van der Waals surface area (Å²) < 4.78 is 0. The number of carboxylic acid groups (broad SMARTS) is 2. The third kappa shape index (κ3) is 38.5. The van der Waals surface area contributed by atoms with Crippen molar-refractivity contribution < 1.29 is 19.8 Å². The summed E-state index contributed by atoms with van der Waals surface area (Å²) in [6, 6.07) is 1.48. The number of aliphatic carboxylic acids is 2. The van der Waals surface area contributed by atoms with Crippen molar-refractivity contribution in [2.45, 2.75) is 257 Å². The Balaban J connectivity index is -0.00000105. The molecule has 4 atom stereocenters. The number of rotatable bonds is 44. The third-order valence-electron chi connectivity index (χ3n) is 11.8. The summed E-state index contributed by atoms with van der Waals surface area (Å²) in [5.41, 5.74) is 0. The molecular weight excluding hydrogens is 757 g/mol. The van der Waals surface area contributed by atoms with Gasteiger partial charge < -0.3 is 19.8 Å². The Kier molecular flexibility index (Phi) is 50.9. The van der Waals surface area contributed by atoms with E-state index >= 15 is 0 Å². The minimum Gasteiger partial charge on any atom is -0.549 e. The first kappa shape index (κ1) is 62.4. The summed E-state index contributed by atoms with van der Waals surface area (Å²) in [6.07, 6.45) is 45.0. The van der Waals surface area contributed by atoms with Crippen LogP contribution in [-0.4, -0.2) is 96.7 Å². The molecule has 0 aliphatic carbocycles. The zero-order valence-electron chi connectivity index (χ0n) is 39.7. The van der Waals surface area contributed by atoms with Gasteiger partial charge in [-0.1, -0.05) is 155 Å². The van der Waals surface area contributed by atoms with Gasteiger partial charge in [0, 0.05) is 37.3 Å². The van der Waals surface area contributed by atoms with Gasteiger partial charge in [-0.05, 0) is 103 Å². The van der Waals surface area contributed by atoms with E-state index < -0.39 is 11.9 Å². The molecule has 6 nitrogen and oxygen atoms in total. The maximum atomic E-state index is 11.6. The van der Waals surface area contributed by atoms with Crippen molar-refractivity contribution in [2.75, 3.05) is 13.1 Å². The second kappa shape index (κ2) is 48.1. The van der Waals surface area contributed by atoms with Crippen LogP contribution < -0.4 is 10.2 Å². The SMILES string of the molecule is C=CCCCCCCC(CCC)N(CC(=O)[O-])C(CCC)CCCCCCC=C.C=CCCCCCCC(CCC)N(CC(=O)[O-])C(CCC)CCCCCCC=C.[Ca+2]. The molecule has 0 aromatic carbocycles. The number of nitrogens with zero attached hydrogens (tertiary/aromatic N) is 2. The molecule has 0 saturated heterocycles. The average Bonchev–Trinajstić information content (AvgIpc) is 3.20. The fourth-order valence-electron chi connectivity index (χ4n) is 8.74. The van der Waals surface area contributed by atoms with Gasteiger partial charge in [0.15, 0.2) is 0 Å². The molecule has 0 aromatic heterocycles. The summed E-state index contributed by atoms with van der Waals surface area (Å²) >= 11 is 0. The normalized spacial score (nSPS) is 13.1. The van der Waals surface area contributed by atoms with E-state index in [2.05, 4.69) is 63.8 Å². The molecule has 0 radical (unpaired) electrons. The summed E-state index contributed by atoms with van der Waals surface area (Å²) in [5, 5.41) is 23.1. The van der Waals surface area contributed by atoms with Crippen molar-refractivity contribution >= 4 is 49.7 Å². The predicted molar refractivity (Wildman–Crippen MR) is 256 cm³/mol. The number of carboxylic acids is 2. The molecule has 0 aromatic rings. The van der Waals surface area contributed by atoms with Gasteiger partial charge in [-0.3, -0.25) is 9.80 Å². The Bertz CT molecular complexity index is 838. The van der Waals surface area contributed by atoms with Crippen LogP contribution in [0.15, 0.2) is 50.6 Å². The molecule has 59 heavy (non-hydrogen) atoms. The van der Waals surface area contributed by atoms with Crippen molar-refractivity contribution in [1.82, 2.24) is 9.80 Å². The summed E-state index contributed by atoms with van der Waals surface area (Å²) in [7, 11) is 0. The van der Waals surface area contributed by atoms with Crippen LogP contribution in [0.3, 0.4) is 0 Å². The van der Waals surface area contributed by atoms with Crippen LogP contribution in [0.25, 0.3) is 0 Å². The zero-order valence-corrected chi connectivity index (χ0v) is 41.9. The first-order chi connectivity index (χ1) is 28.2. The summed E-state index contributed by atoms with van der Waals surface area (Å²) in [4.78, 5) is 27.7. The second-order valence-corrected chi connectivity index (χ2v) is 17.0. The number of carbonyl (C=O) groups excluding carboxylic acids is 2. The number of hydrogen-bond acceptors (Lipinski definition) is 6. The van der Waals surface area contributed by atoms with Crippen LogP contribution in [-0.2, 0) is 9.59 Å². The average molecular weight is 853 g/mol. The number of allylic oxidation sites excluding steroid dienone is 4. The number of unbranched alkanes of at least 4 members (excludes halogenated alkanes) is 16. The minimum atomic E-state index is -0.927. The van der Waals surface area contributed by atoms with Gasteiger partial charge in [-0.2, -0.15) is 0 Å². The largest absolute Gasteiger partial charge is 2.00 e. The fourth-order valence-corrected chi connectivity index (χ4v) is 8.74. The van der Waals surface area contributed by atoms with Crippen LogP contribution in [0.5, 0.6) is 0 Å². The quantitative estimate of drug-likeness (QED) is 0.0345. The van der Waals surface area contributed by atoms with E-state index in [0.717, 1.165) is 103 Å². The second-order valence-electron chi connectivity index (χ2n) is 17.0. The van der Waals surface area contributed by atoms with Gasteiger partial charge in [0.2, 0.25) is 0 Å². The van der Waals surface area contributed by atoms with Crippen LogP contribution in [0.1, 0.15) is 233 Å². The molecule has 0 heterocycles. The molecule has 0 N–H and O–H groups in total. The zero-order chi connectivity index (χ0) is 43.5. The van der Waals surface area contributed by atoms with Crippen LogP contribution >= 0.6 is 0 Å². The molecule has 0 aliphatic heterocycles. The van der Waals surface area contributed by atoms with E-state index in [1.165, 1.54) is 103 Å². The third-order valence-corrected chi connectivity index (χ3v) is 11.8. The maximum absolute atomic E-state index is 11.6. The molecular formula is C52H96CaN2O4. The Labute approximate surface area is 397 Å². The van der Waals surface area contributed by atoms with E-state index in [-0.39, 0.29) is 50.8 Å².